The van der Waals surface area contributed by atoms with Gasteiger partial charge in [-0.1, -0.05) is 24.3 Å². The number of benzene rings is 2. The van der Waals surface area contributed by atoms with E-state index in [0.717, 1.165) is 28.4 Å². The lowest BCUT2D eigenvalue weighted by molar-refractivity contribution is -0.123. The van der Waals surface area contributed by atoms with Gasteiger partial charge in [-0.2, -0.15) is 0 Å². The van der Waals surface area contributed by atoms with Crippen LogP contribution in [0, 0.1) is 0 Å². The van der Waals surface area contributed by atoms with E-state index in [2.05, 4.69) is 16.2 Å². The van der Waals surface area contributed by atoms with Gasteiger partial charge in [0, 0.05) is 23.7 Å². The van der Waals surface area contributed by atoms with Crippen LogP contribution in [0.4, 0.5) is 0 Å². The van der Waals surface area contributed by atoms with Crippen LogP contribution in [0.5, 0.6) is 17.2 Å². The second-order valence-corrected chi connectivity index (χ2v) is 6.50. The summed E-state index contributed by atoms with van der Waals surface area (Å²) in [4.78, 5) is 12.6. The minimum atomic E-state index is -0.337. The molecule has 0 aromatic heterocycles. The number of amides is 1. The van der Waals surface area contributed by atoms with Gasteiger partial charge in [0.05, 0.1) is 26.9 Å². The first-order valence-electron chi connectivity index (χ1n) is 9.37. The number of hydrogen-bond acceptors (Lipinski definition) is 6. The van der Waals surface area contributed by atoms with E-state index in [0.29, 0.717) is 19.6 Å². The van der Waals surface area contributed by atoms with Crippen LogP contribution in [0.3, 0.4) is 0 Å². The van der Waals surface area contributed by atoms with Gasteiger partial charge in [-0.25, -0.2) is 10.9 Å². The number of ether oxygens (including phenoxy) is 3. The highest BCUT2D eigenvalue weighted by atomic mass is 16.5. The molecule has 28 heavy (non-hydrogen) atoms. The van der Waals surface area contributed by atoms with Crippen LogP contribution in [0.15, 0.2) is 42.5 Å². The van der Waals surface area contributed by atoms with Crippen LogP contribution >= 0.6 is 0 Å². The highest BCUT2D eigenvalue weighted by Gasteiger charge is 2.31. The van der Waals surface area contributed by atoms with E-state index >= 15 is 0 Å². The van der Waals surface area contributed by atoms with Crippen molar-refractivity contribution in [2.24, 2.45) is 0 Å². The SMILES string of the molecule is CCOc1ccccc1CNC(=O)C1CC(c2ccc(OC)cc2OC)NN1. The molecule has 1 saturated heterocycles. The molecule has 0 radical (unpaired) electrons. The minimum Gasteiger partial charge on any atom is -0.497 e. The molecule has 1 amide bonds. The summed E-state index contributed by atoms with van der Waals surface area (Å²) >= 11 is 0. The molecule has 2 unspecified atom stereocenters. The first kappa shape index (κ1) is 20.0. The fraction of sp³-hybridized carbons (Fsp3) is 0.381. The summed E-state index contributed by atoms with van der Waals surface area (Å²) in [5.74, 6) is 2.19. The summed E-state index contributed by atoms with van der Waals surface area (Å²) < 4.78 is 16.3. The number of para-hydroxylation sites is 1. The molecule has 0 bridgehead atoms. The highest BCUT2D eigenvalue weighted by Crippen LogP contribution is 2.33. The van der Waals surface area contributed by atoms with E-state index in [1.807, 2.05) is 49.4 Å². The lowest BCUT2D eigenvalue weighted by Crippen LogP contribution is -2.42. The lowest BCUT2D eigenvalue weighted by atomic mass is 10.0. The van der Waals surface area contributed by atoms with Crippen LogP contribution in [0.1, 0.15) is 30.5 Å². The lowest BCUT2D eigenvalue weighted by Gasteiger charge is -2.15. The summed E-state index contributed by atoms with van der Waals surface area (Å²) in [5.41, 5.74) is 8.21. The van der Waals surface area contributed by atoms with Gasteiger partial charge < -0.3 is 19.5 Å². The minimum absolute atomic E-state index is 0.0349. The van der Waals surface area contributed by atoms with Crippen molar-refractivity contribution in [3.63, 3.8) is 0 Å². The highest BCUT2D eigenvalue weighted by molar-refractivity contribution is 5.82. The molecule has 7 nitrogen and oxygen atoms in total. The maximum atomic E-state index is 12.6. The number of nitrogens with one attached hydrogen (secondary N) is 3. The van der Waals surface area contributed by atoms with E-state index in [-0.39, 0.29) is 18.0 Å². The van der Waals surface area contributed by atoms with Gasteiger partial charge in [-0.15, -0.1) is 0 Å². The van der Waals surface area contributed by atoms with Gasteiger partial charge in [0.2, 0.25) is 5.91 Å². The third kappa shape index (κ3) is 4.55. The number of hydrazine groups is 1. The molecule has 1 aliphatic rings. The van der Waals surface area contributed by atoms with Crippen LogP contribution in [0.25, 0.3) is 0 Å². The standard InChI is InChI=1S/C21H27N3O4/c1-4-28-19-8-6-5-7-14(19)13-22-21(25)18-12-17(23-24-18)16-10-9-15(26-2)11-20(16)27-3/h5-11,17-18,23-24H,4,12-13H2,1-3H3,(H,22,25). The number of carbonyl (C=O) groups excluding carboxylic acids is 1. The smallest absolute Gasteiger partial charge is 0.238 e. The molecular weight excluding hydrogens is 358 g/mol. The molecule has 2 aromatic carbocycles. The van der Waals surface area contributed by atoms with Gasteiger partial charge in [0.25, 0.3) is 0 Å². The predicted molar refractivity (Wildman–Crippen MR) is 106 cm³/mol. The van der Waals surface area contributed by atoms with Crippen molar-refractivity contribution >= 4 is 5.91 Å². The Morgan fingerprint density at radius 1 is 1.11 bits per heavy atom. The molecule has 3 rings (SSSR count). The van der Waals surface area contributed by atoms with Gasteiger partial charge in [-0.05, 0) is 25.5 Å². The molecule has 7 heteroatoms. The molecule has 0 spiro atoms. The summed E-state index contributed by atoms with van der Waals surface area (Å²) in [6.07, 6.45) is 0.613. The zero-order valence-corrected chi connectivity index (χ0v) is 16.5. The molecule has 0 aliphatic carbocycles. The number of hydrogen-bond donors (Lipinski definition) is 3. The Kier molecular flexibility index (Phi) is 6.73. The Hall–Kier alpha value is -2.77. The summed E-state index contributed by atoms with van der Waals surface area (Å²) in [5, 5.41) is 2.99. The molecule has 1 fully saturated rings. The Morgan fingerprint density at radius 2 is 1.93 bits per heavy atom. The first-order chi connectivity index (χ1) is 13.7. The Labute approximate surface area is 165 Å². The monoisotopic (exact) mass is 385 g/mol. The zero-order chi connectivity index (χ0) is 19.9. The van der Waals surface area contributed by atoms with E-state index in [9.17, 15) is 4.79 Å². The van der Waals surface area contributed by atoms with E-state index < -0.39 is 0 Å². The third-order valence-corrected chi connectivity index (χ3v) is 4.76. The van der Waals surface area contributed by atoms with Crippen molar-refractivity contribution in [1.82, 2.24) is 16.2 Å². The van der Waals surface area contributed by atoms with Crippen LogP contribution in [-0.4, -0.2) is 32.8 Å². The molecule has 3 N–H and O–H groups in total. The quantitative estimate of drug-likeness (QED) is 0.647. The van der Waals surface area contributed by atoms with Crippen molar-refractivity contribution in [2.75, 3.05) is 20.8 Å². The summed E-state index contributed by atoms with van der Waals surface area (Å²) in [7, 11) is 3.24. The van der Waals surface area contributed by atoms with Crippen molar-refractivity contribution in [2.45, 2.75) is 32.0 Å². The Bertz CT molecular complexity index is 812. The molecule has 2 atom stereocenters. The molecule has 0 saturated carbocycles. The molecular formula is C21H27N3O4. The fourth-order valence-corrected chi connectivity index (χ4v) is 3.29. The molecule has 1 aliphatic heterocycles. The number of rotatable bonds is 8. The Balaban J connectivity index is 1.60. The van der Waals surface area contributed by atoms with Crippen molar-refractivity contribution < 1.29 is 19.0 Å². The predicted octanol–water partition coefficient (Wildman–Crippen LogP) is 2.33. The van der Waals surface area contributed by atoms with E-state index in [4.69, 9.17) is 14.2 Å². The Morgan fingerprint density at radius 3 is 2.68 bits per heavy atom. The normalized spacial score (nSPS) is 18.5. The van der Waals surface area contributed by atoms with Gasteiger partial charge in [-0.3, -0.25) is 4.79 Å². The summed E-state index contributed by atoms with van der Waals surface area (Å²) in [6.45, 7) is 2.95. The van der Waals surface area contributed by atoms with Crippen molar-refractivity contribution in [3.05, 3.63) is 53.6 Å². The van der Waals surface area contributed by atoms with Crippen LogP contribution in [0.2, 0.25) is 0 Å². The molecule has 150 valence electrons. The second kappa shape index (κ2) is 9.43. The van der Waals surface area contributed by atoms with E-state index in [1.54, 1.807) is 14.2 Å². The summed E-state index contributed by atoms with van der Waals surface area (Å²) in [6, 6.07) is 13.0. The maximum Gasteiger partial charge on any atom is 0.238 e. The topological polar surface area (TPSA) is 80.9 Å². The number of carbonyl (C=O) groups is 1. The average Bonchev–Trinajstić information content (AvgIpc) is 3.22. The van der Waals surface area contributed by atoms with Gasteiger partial charge in [0.15, 0.2) is 0 Å². The first-order valence-corrected chi connectivity index (χ1v) is 9.37. The second-order valence-electron chi connectivity index (χ2n) is 6.50. The van der Waals surface area contributed by atoms with E-state index in [1.165, 1.54) is 0 Å². The van der Waals surface area contributed by atoms with Crippen LogP contribution in [-0.2, 0) is 11.3 Å². The van der Waals surface area contributed by atoms with Crippen LogP contribution < -0.4 is 30.4 Å². The van der Waals surface area contributed by atoms with Gasteiger partial charge in [0.1, 0.15) is 23.3 Å². The van der Waals surface area contributed by atoms with Gasteiger partial charge >= 0.3 is 0 Å². The number of methoxy groups -OCH3 is 2. The van der Waals surface area contributed by atoms with Crippen molar-refractivity contribution in [1.29, 1.82) is 0 Å². The fourth-order valence-electron chi connectivity index (χ4n) is 3.29. The third-order valence-electron chi connectivity index (χ3n) is 4.76. The zero-order valence-electron chi connectivity index (χ0n) is 16.5. The average molecular weight is 385 g/mol. The van der Waals surface area contributed by atoms with Crippen molar-refractivity contribution in [3.8, 4) is 17.2 Å². The largest absolute Gasteiger partial charge is 0.497 e. The molecule has 1 heterocycles. The molecule has 2 aromatic rings. The maximum absolute atomic E-state index is 12.6.